The van der Waals surface area contributed by atoms with Crippen molar-refractivity contribution in [1.82, 2.24) is 20.1 Å². The molecule has 9 heteroatoms. The summed E-state index contributed by atoms with van der Waals surface area (Å²) in [5, 5.41) is 18.6. The molecule has 1 unspecified atom stereocenters. The number of carbonyl (C=O) groups is 1. The minimum atomic E-state index is -0.509. The molecule has 1 aliphatic rings. The number of ether oxygens (including phenoxy) is 2. The zero-order chi connectivity index (χ0) is 25.4. The van der Waals surface area contributed by atoms with Gasteiger partial charge in [0.1, 0.15) is 17.1 Å². The second-order valence-corrected chi connectivity index (χ2v) is 8.93. The fourth-order valence-corrected chi connectivity index (χ4v) is 4.75. The summed E-state index contributed by atoms with van der Waals surface area (Å²) < 4.78 is 11.3. The molecule has 1 atom stereocenters. The number of nitrogens with one attached hydrogen (secondary N) is 1. The van der Waals surface area contributed by atoms with Crippen LogP contribution in [0.2, 0.25) is 5.02 Å². The Balaban J connectivity index is 1.69. The van der Waals surface area contributed by atoms with Gasteiger partial charge in [-0.2, -0.15) is 5.10 Å². The number of nitrogens with zero attached hydrogens (tertiary/aromatic N) is 3. The van der Waals surface area contributed by atoms with Crippen LogP contribution in [0.15, 0.2) is 54.9 Å². The molecule has 36 heavy (non-hydrogen) atoms. The second kappa shape index (κ2) is 9.54. The highest BCUT2D eigenvalue weighted by Crippen LogP contribution is 2.47. The molecule has 0 saturated heterocycles. The summed E-state index contributed by atoms with van der Waals surface area (Å²) in [6.45, 7) is 4.54. The Labute approximate surface area is 213 Å². The monoisotopic (exact) mass is 504 g/mol. The van der Waals surface area contributed by atoms with Crippen molar-refractivity contribution in [1.29, 1.82) is 0 Å². The van der Waals surface area contributed by atoms with Gasteiger partial charge < -0.3 is 19.5 Å². The van der Waals surface area contributed by atoms with Crippen LogP contribution in [-0.2, 0) is 6.54 Å². The van der Waals surface area contributed by atoms with E-state index in [4.69, 9.17) is 21.1 Å². The smallest absolute Gasteiger partial charge is 0.273 e. The van der Waals surface area contributed by atoms with E-state index in [1.807, 2.05) is 44.2 Å². The maximum absolute atomic E-state index is 13.6. The molecule has 0 aliphatic carbocycles. The summed E-state index contributed by atoms with van der Waals surface area (Å²) in [5.41, 5.74) is 4.37. The van der Waals surface area contributed by atoms with E-state index < -0.39 is 6.04 Å². The summed E-state index contributed by atoms with van der Waals surface area (Å²) in [5.74, 6) is 1.00. The van der Waals surface area contributed by atoms with Crippen LogP contribution in [0.1, 0.15) is 45.7 Å². The van der Waals surface area contributed by atoms with Gasteiger partial charge in [-0.15, -0.1) is 0 Å². The van der Waals surface area contributed by atoms with Gasteiger partial charge in [-0.3, -0.25) is 14.9 Å². The highest BCUT2D eigenvalue weighted by atomic mass is 35.5. The minimum Gasteiger partial charge on any atom is -0.507 e. The first-order valence-corrected chi connectivity index (χ1v) is 11.9. The molecular weight excluding hydrogens is 480 g/mol. The topological polar surface area (TPSA) is 101 Å². The van der Waals surface area contributed by atoms with E-state index in [-0.39, 0.29) is 11.7 Å². The van der Waals surface area contributed by atoms with E-state index in [1.165, 1.54) is 0 Å². The average molecular weight is 505 g/mol. The first-order chi connectivity index (χ1) is 17.4. The maximum Gasteiger partial charge on any atom is 0.273 e. The number of rotatable bonds is 7. The quantitative estimate of drug-likeness (QED) is 0.354. The number of amides is 1. The summed E-state index contributed by atoms with van der Waals surface area (Å²) in [7, 11) is 1.58. The molecule has 4 aromatic rings. The fraction of sp³-hybridized carbons (Fsp3) is 0.222. The number of hydrogen-bond acceptors (Lipinski definition) is 6. The first-order valence-electron chi connectivity index (χ1n) is 11.5. The molecule has 0 spiro atoms. The Kier molecular flexibility index (Phi) is 6.28. The van der Waals surface area contributed by atoms with Crippen LogP contribution in [0, 0.1) is 6.92 Å². The van der Waals surface area contributed by atoms with Crippen molar-refractivity contribution in [3.05, 3.63) is 87.8 Å². The van der Waals surface area contributed by atoms with E-state index in [2.05, 4.69) is 15.2 Å². The maximum atomic E-state index is 13.6. The van der Waals surface area contributed by atoms with Gasteiger partial charge in [-0.05, 0) is 60.9 Å². The minimum absolute atomic E-state index is 0.0346. The summed E-state index contributed by atoms with van der Waals surface area (Å²) in [4.78, 5) is 19.6. The van der Waals surface area contributed by atoms with Crippen molar-refractivity contribution in [2.75, 3.05) is 13.7 Å². The van der Waals surface area contributed by atoms with E-state index >= 15 is 0 Å². The molecule has 2 aromatic heterocycles. The highest BCUT2D eigenvalue weighted by Gasteiger charge is 2.43. The number of methoxy groups -OCH3 is 1. The van der Waals surface area contributed by atoms with Crippen molar-refractivity contribution in [3.63, 3.8) is 0 Å². The average Bonchev–Trinajstić information content (AvgIpc) is 3.41. The van der Waals surface area contributed by atoms with Crippen molar-refractivity contribution < 1.29 is 19.4 Å². The normalized spacial score (nSPS) is 14.7. The SMILES string of the molecule is CCOc1ccc(C2c3c(-c4cc(Cl)c(C)cc4O)n[nH]c3C(=O)N2Cc2cccnc2)cc1OC. The highest BCUT2D eigenvalue weighted by molar-refractivity contribution is 6.31. The van der Waals surface area contributed by atoms with Gasteiger partial charge in [0.25, 0.3) is 5.91 Å². The molecule has 0 saturated carbocycles. The van der Waals surface area contributed by atoms with E-state index in [9.17, 15) is 9.90 Å². The molecule has 1 aliphatic heterocycles. The van der Waals surface area contributed by atoms with Crippen LogP contribution in [0.3, 0.4) is 0 Å². The fourth-order valence-electron chi connectivity index (χ4n) is 4.58. The molecule has 0 fully saturated rings. The molecule has 184 valence electrons. The summed E-state index contributed by atoms with van der Waals surface area (Å²) in [6, 6.07) is 12.1. The summed E-state index contributed by atoms with van der Waals surface area (Å²) >= 11 is 6.39. The third-order valence-corrected chi connectivity index (χ3v) is 6.68. The number of hydrogen-bond donors (Lipinski definition) is 2. The standard InChI is InChI=1S/C27H25ClN4O4/c1-4-36-21-8-7-17(11-22(21)35-3)26-23-24(18-12-19(28)15(2)10-20(18)33)30-31-25(23)27(34)32(26)14-16-6-5-9-29-13-16/h5-13,26,33H,4,14H2,1-3H3,(H,30,31). The Morgan fingerprint density at radius 2 is 2.03 bits per heavy atom. The van der Waals surface area contributed by atoms with Crippen LogP contribution < -0.4 is 9.47 Å². The lowest BCUT2D eigenvalue weighted by atomic mass is 9.95. The number of pyridine rings is 1. The Morgan fingerprint density at radius 3 is 2.75 bits per heavy atom. The number of phenolic OH excluding ortho intramolecular Hbond substituents is 1. The third-order valence-electron chi connectivity index (χ3n) is 6.27. The lowest BCUT2D eigenvalue weighted by Crippen LogP contribution is -2.29. The van der Waals surface area contributed by atoms with E-state index in [0.717, 1.165) is 16.7 Å². The third kappa shape index (κ3) is 4.03. The van der Waals surface area contributed by atoms with Gasteiger partial charge in [0, 0.05) is 35.1 Å². The number of benzene rings is 2. The van der Waals surface area contributed by atoms with E-state index in [0.29, 0.717) is 52.2 Å². The van der Waals surface area contributed by atoms with Crippen molar-refractivity contribution in [2.45, 2.75) is 26.4 Å². The number of aromatic nitrogens is 3. The van der Waals surface area contributed by atoms with Crippen LogP contribution >= 0.6 is 11.6 Å². The van der Waals surface area contributed by atoms with Crippen LogP contribution in [0.4, 0.5) is 0 Å². The van der Waals surface area contributed by atoms with Crippen LogP contribution in [-0.4, -0.2) is 44.8 Å². The number of aromatic amines is 1. The van der Waals surface area contributed by atoms with E-state index in [1.54, 1.807) is 36.5 Å². The van der Waals surface area contributed by atoms with Crippen molar-refractivity contribution in [2.24, 2.45) is 0 Å². The van der Waals surface area contributed by atoms with Crippen LogP contribution in [0.25, 0.3) is 11.3 Å². The predicted molar refractivity (Wildman–Crippen MR) is 136 cm³/mol. The molecule has 5 rings (SSSR count). The molecule has 3 heterocycles. The largest absolute Gasteiger partial charge is 0.507 e. The Morgan fingerprint density at radius 1 is 1.19 bits per heavy atom. The zero-order valence-electron chi connectivity index (χ0n) is 20.1. The molecule has 2 aromatic carbocycles. The van der Waals surface area contributed by atoms with Gasteiger partial charge in [0.05, 0.1) is 19.8 Å². The molecule has 1 amide bonds. The van der Waals surface area contributed by atoms with Gasteiger partial charge >= 0.3 is 0 Å². The lowest BCUT2D eigenvalue weighted by molar-refractivity contribution is 0.0729. The Bertz CT molecular complexity index is 1440. The van der Waals surface area contributed by atoms with Crippen molar-refractivity contribution >= 4 is 17.5 Å². The number of phenols is 1. The zero-order valence-corrected chi connectivity index (χ0v) is 20.8. The summed E-state index contributed by atoms with van der Waals surface area (Å²) in [6.07, 6.45) is 3.43. The Hall–Kier alpha value is -4.04. The number of halogens is 1. The van der Waals surface area contributed by atoms with Gasteiger partial charge in [-0.25, -0.2) is 0 Å². The second-order valence-electron chi connectivity index (χ2n) is 8.52. The number of aromatic hydroxyl groups is 1. The van der Waals surface area contributed by atoms with Gasteiger partial charge in [-0.1, -0.05) is 23.7 Å². The molecular formula is C27H25ClN4O4. The number of fused-ring (bicyclic) bond motifs is 1. The first kappa shape index (κ1) is 23.7. The number of carbonyl (C=O) groups excluding carboxylic acids is 1. The predicted octanol–water partition coefficient (Wildman–Crippen LogP) is 5.29. The van der Waals surface area contributed by atoms with Crippen molar-refractivity contribution in [3.8, 4) is 28.5 Å². The lowest BCUT2D eigenvalue weighted by Gasteiger charge is -2.27. The molecule has 8 nitrogen and oxygen atoms in total. The number of H-pyrrole nitrogens is 1. The van der Waals surface area contributed by atoms with Crippen LogP contribution in [0.5, 0.6) is 17.2 Å². The van der Waals surface area contributed by atoms with Gasteiger partial charge in [0.2, 0.25) is 0 Å². The number of aryl methyl sites for hydroxylation is 1. The van der Waals surface area contributed by atoms with Gasteiger partial charge in [0.15, 0.2) is 11.5 Å². The molecule has 0 radical (unpaired) electrons. The molecule has 2 N–H and O–H groups in total. The molecule has 0 bridgehead atoms.